The summed E-state index contributed by atoms with van der Waals surface area (Å²) < 4.78 is 0. The van der Waals surface area contributed by atoms with Crippen LogP contribution in [0.15, 0.2) is 0 Å². The highest BCUT2D eigenvalue weighted by atomic mass is 14.6. The van der Waals surface area contributed by atoms with Crippen molar-refractivity contribution in [1.29, 1.82) is 0 Å². The summed E-state index contributed by atoms with van der Waals surface area (Å²) in [7, 11) is 0. The van der Waals surface area contributed by atoms with Crippen LogP contribution >= 0.6 is 0 Å². The zero-order valence-electron chi connectivity index (χ0n) is 9.17. The first kappa shape index (κ1) is 11.6. The fraction of sp³-hybridized carbons (Fsp3) is 0.846. The van der Waals surface area contributed by atoms with Gasteiger partial charge in [0.15, 0.2) is 0 Å². The van der Waals surface area contributed by atoms with Crippen LogP contribution < -0.4 is 5.73 Å². The summed E-state index contributed by atoms with van der Waals surface area (Å²) in [6.07, 6.45) is 16.6. The molecule has 1 nitrogen and oxygen atoms in total. The molecule has 1 fully saturated rings. The molecule has 0 aliphatic heterocycles. The highest BCUT2D eigenvalue weighted by molar-refractivity contribution is 4.84. The van der Waals surface area contributed by atoms with E-state index >= 15 is 0 Å². The second kappa shape index (κ2) is 6.90. The van der Waals surface area contributed by atoms with Crippen molar-refractivity contribution in [1.82, 2.24) is 0 Å². The van der Waals surface area contributed by atoms with Gasteiger partial charge in [-0.25, -0.2) is 0 Å². The monoisotopic (exact) mass is 193 g/mol. The molecular formula is C13H23N. The Morgan fingerprint density at radius 2 is 2.00 bits per heavy atom. The van der Waals surface area contributed by atoms with Gasteiger partial charge in [-0.3, -0.25) is 0 Å². The van der Waals surface area contributed by atoms with Gasteiger partial charge in [0, 0.05) is 12.5 Å². The Kier molecular flexibility index (Phi) is 5.71. The number of terminal acetylenes is 1. The summed E-state index contributed by atoms with van der Waals surface area (Å²) in [4.78, 5) is 0. The van der Waals surface area contributed by atoms with Crippen LogP contribution in [0.2, 0.25) is 0 Å². The van der Waals surface area contributed by atoms with Crippen molar-refractivity contribution >= 4 is 0 Å². The summed E-state index contributed by atoms with van der Waals surface area (Å²) >= 11 is 0. The molecule has 1 aliphatic carbocycles. The van der Waals surface area contributed by atoms with Crippen LogP contribution in [0.3, 0.4) is 0 Å². The number of hydrogen-bond donors (Lipinski definition) is 1. The normalized spacial score (nSPS) is 20.3. The lowest BCUT2D eigenvalue weighted by atomic mass is 9.84. The molecule has 1 aliphatic rings. The maximum absolute atomic E-state index is 6.08. The molecule has 14 heavy (non-hydrogen) atoms. The maximum atomic E-state index is 6.08. The van der Waals surface area contributed by atoms with Crippen LogP contribution in [-0.2, 0) is 0 Å². The molecule has 80 valence electrons. The van der Waals surface area contributed by atoms with Crippen molar-refractivity contribution in [2.45, 2.75) is 63.8 Å². The molecule has 0 aromatic carbocycles. The Balaban J connectivity index is 2.06. The fourth-order valence-electron chi connectivity index (χ4n) is 2.44. The van der Waals surface area contributed by atoms with E-state index in [1.165, 1.54) is 38.5 Å². The SMILES string of the molecule is C#CCCCC(N)CC1CCCCC1. The fourth-order valence-corrected chi connectivity index (χ4v) is 2.44. The van der Waals surface area contributed by atoms with Crippen molar-refractivity contribution < 1.29 is 0 Å². The van der Waals surface area contributed by atoms with Gasteiger partial charge in [0.2, 0.25) is 0 Å². The van der Waals surface area contributed by atoms with E-state index in [4.69, 9.17) is 12.2 Å². The molecule has 0 bridgehead atoms. The lowest BCUT2D eigenvalue weighted by Crippen LogP contribution is -2.24. The van der Waals surface area contributed by atoms with Gasteiger partial charge in [0.1, 0.15) is 0 Å². The Hall–Kier alpha value is -0.480. The van der Waals surface area contributed by atoms with E-state index in [2.05, 4.69) is 5.92 Å². The van der Waals surface area contributed by atoms with Gasteiger partial charge in [0.25, 0.3) is 0 Å². The Morgan fingerprint density at radius 3 is 2.64 bits per heavy atom. The third-order valence-corrected chi connectivity index (χ3v) is 3.26. The van der Waals surface area contributed by atoms with Gasteiger partial charge in [0.05, 0.1) is 0 Å². The first-order valence-electron chi connectivity index (χ1n) is 6.02. The third-order valence-electron chi connectivity index (χ3n) is 3.26. The minimum absolute atomic E-state index is 0.395. The molecule has 2 N–H and O–H groups in total. The van der Waals surface area contributed by atoms with E-state index in [-0.39, 0.29) is 0 Å². The second-order valence-electron chi connectivity index (χ2n) is 4.60. The molecule has 0 spiro atoms. The van der Waals surface area contributed by atoms with Crippen molar-refractivity contribution in [2.75, 3.05) is 0 Å². The minimum atomic E-state index is 0.395. The zero-order valence-corrected chi connectivity index (χ0v) is 9.17. The van der Waals surface area contributed by atoms with Crippen LogP contribution in [0.5, 0.6) is 0 Å². The molecule has 1 heteroatoms. The number of rotatable bonds is 5. The van der Waals surface area contributed by atoms with Gasteiger partial charge >= 0.3 is 0 Å². The van der Waals surface area contributed by atoms with Crippen LogP contribution in [0, 0.1) is 18.3 Å². The average molecular weight is 193 g/mol. The Morgan fingerprint density at radius 1 is 1.29 bits per heavy atom. The quantitative estimate of drug-likeness (QED) is 0.527. The van der Waals surface area contributed by atoms with Crippen LogP contribution in [0.1, 0.15) is 57.8 Å². The van der Waals surface area contributed by atoms with Crippen molar-refractivity contribution in [3.63, 3.8) is 0 Å². The maximum Gasteiger partial charge on any atom is 0.00866 e. The highest BCUT2D eigenvalue weighted by Crippen LogP contribution is 2.27. The summed E-state index contributed by atoms with van der Waals surface area (Å²) in [5.41, 5.74) is 6.08. The number of unbranched alkanes of at least 4 members (excludes halogenated alkanes) is 1. The van der Waals surface area contributed by atoms with Gasteiger partial charge in [-0.15, -0.1) is 12.3 Å². The minimum Gasteiger partial charge on any atom is -0.328 e. The highest BCUT2D eigenvalue weighted by Gasteiger charge is 2.16. The van der Waals surface area contributed by atoms with E-state index < -0.39 is 0 Å². The average Bonchev–Trinajstić information content (AvgIpc) is 2.20. The smallest absolute Gasteiger partial charge is 0.00866 e. The van der Waals surface area contributed by atoms with E-state index in [1.54, 1.807) is 0 Å². The third kappa shape index (κ3) is 4.67. The summed E-state index contributed by atoms with van der Waals surface area (Å²) in [5.74, 6) is 3.58. The van der Waals surface area contributed by atoms with Gasteiger partial charge in [-0.05, 0) is 25.2 Å². The van der Waals surface area contributed by atoms with E-state index in [0.717, 1.165) is 25.2 Å². The lowest BCUT2D eigenvalue weighted by molar-refractivity contribution is 0.311. The van der Waals surface area contributed by atoms with Gasteiger partial charge in [-0.2, -0.15) is 0 Å². The number of nitrogens with two attached hydrogens (primary N) is 1. The van der Waals surface area contributed by atoms with Gasteiger partial charge < -0.3 is 5.73 Å². The molecule has 1 rings (SSSR count). The molecular weight excluding hydrogens is 170 g/mol. The van der Waals surface area contributed by atoms with Crippen molar-refractivity contribution in [3.05, 3.63) is 0 Å². The topological polar surface area (TPSA) is 26.0 Å². The molecule has 0 amide bonds. The summed E-state index contributed by atoms with van der Waals surface area (Å²) in [6.45, 7) is 0. The van der Waals surface area contributed by atoms with E-state index in [9.17, 15) is 0 Å². The molecule has 0 aromatic heterocycles. The van der Waals surface area contributed by atoms with Crippen LogP contribution in [-0.4, -0.2) is 6.04 Å². The largest absolute Gasteiger partial charge is 0.328 e. The van der Waals surface area contributed by atoms with Gasteiger partial charge in [-0.1, -0.05) is 32.1 Å². The molecule has 1 unspecified atom stereocenters. The van der Waals surface area contributed by atoms with Crippen LogP contribution in [0.25, 0.3) is 0 Å². The second-order valence-corrected chi connectivity index (χ2v) is 4.60. The first-order chi connectivity index (χ1) is 6.83. The zero-order chi connectivity index (χ0) is 10.2. The molecule has 1 saturated carbocycles. The summed E-state index contributed by atoms with van der Waals surface area (Å²) in [5, 5.41) is 0. The van der Waals surface area contributed by atoms with Crippen molar-refractivity contribution in [2.24, 2.45) is 11.7 Å². The summed E-state index contributed by atoms with van der Waals surface area (Å²) in [6, 6.07) is 0.395. The molecule has 0 aromatic rings. The van der Waals surface area contributed by atoms with Crippen LogP contribution in [0.4, 0.5) is 0 Å². The molecule has 0 radical (unpaired) electrons. The van der Waals surface area contributed by atoms with E-state index in [0.29, 0.717) is 6.04 Å². The Bertz CT molecular complexity index is 174. The lowest BCUT2D eigenvalue weighted by Gasteiger charge is -2.24. The molecule has 0 heterocycles. The Labute approximate surface area is 88.5 Å². The molecule has 0 saturated heterocycles. The predicted molar refractivity (Wildman–Crippen MR) is 61.9 cm³/mol. The first-order valence-corrected chi connectivity index (χ1v) is 6.02. The molecule has 1 atom stereocenters. The standard InChI is InChI=1S/C13H23N/c1-2-3-5-10-13(14)11-12-8-6-4-7-9-12/h1,12-13H,3-11,14H2. The number of hydrogen-bond acceptors (Lipinski definition) is 1. The van der Waals surface area contributed by atoms with E-state index in [1.807, 2.05) is 0 Å². The van der Waals surface area contributed by atoms with Crippen molar-refractivity contribution in [3.8, 4) is 12.3 Å². The predicted octanol–water partition coefficient (Wildman–Crippen LogP) is 3.09.